The van der Waals surface area contributed by atoms with Crippen LogP contribution in [0.4, 0.5) is 11.5 Å². The molecule has 2 nitrogen and oxygen atoms in total. The molecule has 1 aromatic heterocycles. The van der Waals surface area contributed by atoms with Crippen LogP contribution in [-0.2, 0) is 0 Å². The normalized spacial score (nSPS) is 14.0. The first-order valence-electron chi connectivity index (χ1n) is 9.04. The minimum Gasteiger partial charge on any atom is -0.419 e. The fourth-order valence-electron chi connectivity index (χ4n) is 4.50. The highest BCUT2D eigenvalue weighted by molar-refractivity contribution is 7.06. The van der Waals surface area contributed by atoms with Gasteiger partial charge >= 0.3 is 0 Å². The lowest BCUT2D eigenvalue weighted by Crippen LogP contribution is -2.86. The Kier molecular flexibility index (Phi) is 3.39. The summed E-state index contributed by atoms with van der Waals surface area (Å²) in [6.45, 7) is 0. The van der Waals surface area contributed by atoms with Crippen molar-refractivity contribution in [1.29, 1.82) is 0 Å². The lowest BCUT2D eigenvalue weighted by atomic mass is 9.23. The van der Waals surface area contributed by atoms with Gasteiger partial charge in [-0.3, -0.25) is 0 Å². The number of benzene rings is 3. The molecule has 124 valence electrons. The molecule has 0 atom stereocenters. The number of hydrogen-bond donors (Lipinski definition) is 1. The maximum Gasteiger partial charge on any atom is 0.275 e. The Hall–Kier alpha value is -3.33. The zero-order chi connectivity index (χ0) is 17.4. The number of nitrogens with zero attached hydrogens (tertiary/aromatic N) is 1. The number of aromatic nitrogens is 1. The van der Waals surface area contributed by atoms with Crippen molar-refractivity contribution in [3.05, 3.63) is 109 Å². The number of anilines is 2. The summed E-state index contributed by atoms with van der Waals surface area (Å²) in [6.07, 6.45) is 0.874. The SMILES string of the molecule is c1ccc([B-]2(c3ccccc3)c3ccccc3Nc3cccc[n+]32)cc1. The Balaban J connectivity index is 1.97. The van der Waals surface area contributed by atoms with Gasteiger partial charge in [0.25, 0.3) is 6.28 Å². The van der Waals surface area contributed by atoms with E-state index >= 15 is 0 Å². The number of para-hydroxylation sites is 1. The molecule has 26 heavy (non-hydrogen) atoms. The summed E-state index contributed by atoms with van der Waals surface area (Å²) < 4.78 is 2.41. The first-order chi connectivity index (χ1) is 12.9. The largest absolute Gasteiger partial charge is 0.419 e. The molecule has 0 aliphatic carbocycles. The van der Waals surface area contributed by atoms with Crippen molar-refractivity contribution in [3.8, 4) is 0 Å². The molecule has 2 heterocycles. The topological polar surface area (TPSA) is 15.9 Å². The van der Waals surface area contributed by atoms with Gasteiger partial charge < -0.3 is 4.48 Å². The highest BCUT2D eigenvalue weighted by atomic mass is 15.1. The maximum absolute atomic E-state index is 3.61. The van der Waals surface area contributed by atoms with Gasteiger partial charge in [-0.2, -0.15) is 10.9 Å². The molecule has 3 heteroatoms. The van der Waals surface area contributed by atoms with E-state index < -0.39 is 6.28 Å². The van der Waals surface area contributed by atoms with E-state index in [1.807, 2.05) is 0 Å². The van der Waals surface area contributed by atoms with Crippen molar-refractivity contribution in [2.45, 2.75) is 0 Å². The molecule has 0 amide bonds. The van der Waals surface area contributed by atoms with Gasteiger partial charge in [-0.25, -0.2) is 5.32 Å². The van der Waals surface area contributed by atoms with E-state index in [0.717, 1.165) is 5.82 Å². The molecule has 0 saturated carbocycles. The molecule has 5 rings (SSSR count). The van der Waals surface area contributed by atoms with Crippen LogP contribution >= 0.6 is 0 Å². The van der Waals surface area contributed by atoms with Crippen molar-refractivity contribution >= 4 is 34.2 Å². The van der Waals surface area contributed by atoms with Crippen LogP contribution in [0.2, 0.25) is 0 Å². The summed E-state index contributed by atoms with van der Waals surface area (Å²) in [5, 5.41) is 3.61. The Morgan fingerprint density at radius 1 is 0.577 bits per heavy atom. The summed E-state index contributed by atoms with van der Waals surface area (Å²) in [7, 11) is 0. The average molecular weight is 334 g/mol. The van der Waals surface area contributed by atoms with Gasteiger partial charge in [-0.15, -0.1) is 5.46 Å². The highest BCUT2D eigenvalue weighted by Crippen LogP contribution is 2.21. The number of hydrogen-bond acceptors (Lipinski definition) is 1. The minimum atomic E-state index is -1.32. The highest BCUT2D eigenvalue weighted by Gasteiger charge is 2.43. The predicted octanol–water partition coefficient (Wildman–Crippen LogP) is 2.55. The fraction of sp³-hybridized carbons (Fsp3) is 0. The fourth-order valence-corrected chi connectivity index (χ4v) is 4.50. The second-order valence-corrected chi connectivity index (χ2v) is 6.85. The molecule has 1 aliphatic rings. The maximum atomic E-state index is 3.61. The molecule has 0 fully saturated rings. The van der Waals surface area contributed by atoms with Crippen LogP contribution in [0.1, 0.15) is 0 Å². The Morgan fingerprint density at radius 2 is 1.15 bits per heavy atom. The standard InChI is InChI=1S/C23H19BN2/c1-3-11-19(12-4-1)24(20-13-5-2-6-14-20)21-15-7-8-16-22(21)25-23-17-9-10-18-26(23)24/h1-18,25H. The molecular weight excluding hydrogens is 315 g/mol. The Morgan fingerprint density at radius 3 is 1.85 bits per heavy atom. The number of nitrogens with one attached hydrogen (secondary N) is 1. The van der Waals surface area contributed by atoms with Gasteiger partial charge in [0.1, 0.15) is 0 Å². The van der Waals surface area contributed by atoms with Crippen LogP contribution in [0.25, 0.3) is 0 Å². The quantitative estimate of drug-likeness (QED) is 0.491. The summed E-state index contributed by atoms with van der Waals surface area (Å²) in [6, 6.07) is 36.7. The van der Waals surface area contributed by atoms with Crippen LogP contribution in [0.5, 0.6) is 0 Å². The van der Waals surface area contributed by atoms with Crippen molar-refractivity contribution in [2.75, 3.05) is 5.32 Å². The first kappa shape index (κ1) is 15.0. The predicted molar refractivity (Wildman–Crippen MR) is 109 cm³/mol. The van der Waals surface area contributed by atoms with Gasteiger partial charge in [0.05, 0.1) is 5.69 Å². The molecule has 4 aromatic rings. The van der Waals surface area contributed by atoms with E-state index in [0.29, 0.717) is 0 Å². The van der Waals surface area contributed by atoms with Crippen LogP contribution in [0, 0.1) is 0 Å². The zero-order valence-electron chi connectivity index (χ0n) is 14.4. The average Bonchev–Trinajstić information content (AvgIpc) is 2.73. The van der Waals surface area contributed by atoms with Crippen molar-refractivity contribution < 1.29 is 4.48 Å². The van der Waals surface area contributed by atoms with E-state index in [2.05, 4.69) is 119 Å². The minimum absolute atomic E-state index is 1.11. The summed E-state index contributed by atoms with van der Waals surface area (Å²) in [4.78, 5) is 0. The molecule has 1 aliphatic heterocycles. The third kappa shape index (κ3) is 2.04. The number of pyridine rings is 1. The van der Waals surface area contributed by atoms with Gasteiger partial charge in [-0.05, 0) is 12.1 Å². The Labute approximate surface area is 153 Å². The van der Waals surface area contributed by atoms with Gasteiger partial charge in [-0.1, -0.05) is 84.9 Å². The molecule has 0 spiro atoms. The molecule has 0 bridgehead atoms. The molecule has 3 aromatic carbocycles. The third-order valence-corrected chi connectivity index (χ3v) is 5.54. The van der Waals surface area contributed by atoms with Crippen LogP contribution in [0.3, 0.4) is 0 Å². The Bertz CT molecular complexity index is 975. The summed E-state index contributed by atoms with van der Waals surface area (Å²) in [5.41, 5.74) is 5.11. The lowest BCUT2D eigenvalue weighted by Gasteiger charge is -2.44. The van der Waals surface area contributed by atoms with E-state index in [-0.39, 0.29) is 0 Å². The van der Waals surface area contributed by atoms with E-state index in [1.165, 1.54) is 22.1 Å². The first-order valence-corrected chi connectivity index (χ1v) is 9.04. The van der Waals surface area contributed by atoms with Crippen LogP contribution in [-0.4, -0.2) is 6.28 Å². The molecule has 0 radical (unpaired) electrons. The van der Waals surface area contributed by atoms with E-state index in [4.69, 9.17) is 0 Å². The molecule has 1 N–H and O–H groups in total. The number of fused-ring (bicyclic) bond motifs is 2. The molecular formula is C23H19BN2. The van der Waals surface area contributed by atoms with Crippen molar-refractivity contribution in [1.82, 2.24) is 0 Å². The van der Waals surface area contributed by atoms with Crippen molar-refractivity contribution in [2.24, 2.45) is 0 Å². The molecule has 0 saturated heterocycles. The van der Waals surface area contributed by atoms with E-state index in [9.17, 15) is 0 Å². The second kappa shape index (κ2) is 5.89. The van der Waals surface area contributed by atoms with Gasteiger partial charge in [0.2, 0.25) is 5.82 Å². The summed E-state index contributed by atoms with van der Waals surface area (Å²) in [5.74, 6) is 1.11. The van der Waals surface area contributed by atoms with Crippen LogP contribution in [0.15, 0.2) is 109 Å². The smallest absolute Gasteiger partial charge is 0.275 e. The monoisotopic (exact) mass is 334 g/mol. The van der Waals surface area contributed by atoms with Crippen LogP contribution < -0.4 is 26.2 Å². The van der Waals surface area contributed by atoms with Gasteiger partial charge in [0, 0.05) is 12.3 Å². The second-order valence-electron chi connectivity index (χ2n) is 6.85. The lowest BCUT2D eigenvalue weighted by molar-refractivity contribution is -0.524. The van der Waals surface area contributed by atoms with Gasteiger partial charge in [0.15, 0.2) is 0 Å². The zero-order valence-corrected chi connectivity index (χ0v) is 14.4. The molecule has 0 unspecified atom stereocenters. The number of rotatable bonds is 2. The summed E-state index contributed by atoms with van der Waals surface area (Å²) >= 11 is 0. The van der Waals surface area contributed by atoms with E-state index in [1.54, 1.807) is 0 Å². The third-order valence-electron chi connectivity index (χ3n) is 5.54. The van der Waals surface area contributed by atoms with Crippen molar-refractivity contribution in [3.63, 3.8) is 0 Å².